The van der Waals surface area contributed by atoms with Crippen LogP contribution in [0.2, 0.25) is 0 Å². The minimum atomic E-state index is 0.323. The molecule has 0 bridgehead atoms. The first-order valence-corrected chi connectivity index (χ1v) is 11.5. The zero-order chi connectivity index (χ0) is 22.0. The van der Waals surface area contributed by atoms with Crippen LogP contribution in [0.25, 0.3) is 11.0 Å². The Balaban J connectivity index is 1.13. The van der Waals surface area contributed by atoms with E-state index in [1.54, 1.807) is 0 Å². The van der Waals surface area contributed by atoms with Crippen molar-refractivity contribution in [3.8, 4) is 11.5 Å². The van der Waals surface area contributed by atoms with Crippen molar-refractivity contribution in [2.75, 3.05) is 33.0 Å². The number of para-hydroxylation sites is 2. The maximum absolute atomic E-state index is 5.53. The molecule has 33 heavy (non-hydrogen) atoms. The van der Waals surface area contributed by atoms with E-state index >= 15 is 0 Å². The number of rotatable bonds is 6. The van der Waals surface area contributed by atoms with E-state index < -0.39 is 0 Å². The summed E-state index contributed by atoms with van der Waals surface area (Å²) < 4.78 is 13.3. The van der Waals surface area contributed by atoms with E-state index in [0.29, 0.717) is 6.79 Å². The Bertz CT molecular complexity index is 1250. The molecule has 2 aromatic carbocycles. The number of nitrogens with zero attached hydrogens (tertiary/aromatic N) is 5. The molecule has 1 fully saturated rings. The van der Waals surface area contributed by atoms with Crippen LogP contribution in [0.1, 0.15) is 17.0 Å². The molecule has 0 spiro atoms. The number of pyridine rings is 1. The fraction of sp³-hybridized carbons (Fsp3) is 0.308. The molecule has 0 N–H and O–H groups in total. The molecule has 4 heterocycles. The van der Waals surface area contributed by atoms with Gasteiger partial charge in [0.1, 0.15) is 5.82 Å². The molecule has 7 heteroatoms. The Kier molecular flexibility index (Phi) is 5.41. The van der Waals surface area contributed by atoms with Crippen LogP contribution in [0.4, 0.5) is 0 Å². The summed E-state index contributed by atoms with van der Waals surface area (Å²) in [6.07, 6.45) is 3.71. The van der Waals surface area contributed by atoms with Crippen molar-refractivity contribution >= 4 is 11.0 Å². The molecule has 168 valence electrons. The van der Waals surface area contributed by atoms with Gasteiger partial charge in [-0.25, -0.2) is 4.98 Å². The first kappa shape index (κ1) is 20.2. The second-order valence-corrected chi connectivity index (χ2v) is 8.70. The van der Waals surface area contributed by atoms with Crippen molar-refractivity contribution < 1.29 is 9.47 Å². The van der Waals surface area contributed by atoms with Gasteiger partial charge in [0.15, 0.2) is 11.5 Å². The highest BCUT2D eigenvalue weighted by molar-refractivity contribution is 5.76. The standard InChI is InChI=1S/C26H27N5O2/c1-2-4-23-22(3-1)28-26(31(23)17-20-7-9-27-10-8-20)18-30-13-11-29(12-14-30)16-21-5-6-24-25(15-21)33-19-32-24/h1-10,15H,11-14,16-19H2. The normalized spacial score (nSPS) is 16.5. The monoisotopic (exact) mass is 441 g/mol. The fourth-order valence-corrected chi connectivity index (χ4v) is 4.70. The first-order valence-electron chi connectivity index (χ1n) is 11.5. The van der Waals surface area contributed by atoms with Gasteiger partial charge in [-0.2, -0.15) is 0 Å². The van der Waals surface area contributed by atoms with Crippen LogP contribution in [0.3, 0.4) is 0 Å². The van der Waals surface area contributed by atoms with Crippen LogP contribution in [-0.4, -0.2) is 57.3 Å². The number of imidazole rings is 1. The van der Waals surface area contributed by atoms with Crippen LogP contribution >= 0.6 is 0 Å². The summed E-state index contributed by atoms with van der Waals surface area (Å²) in [5.74, 6) is 2.83. The highest BCUT2D eigenvalue weighted by Gasteiger charge is 2.21. The average Bonchev–Trinajstić information content (AvgIpc) is 3.45. The number of benzene rings is 2. The van der Waals surface area contributed by atoms with E-state index in [2.05, 4.69) is 67.9 Å². The van der Waals surface area contributed by atoms with Crippen LogP contribution < -0.4 is 9.47 Å². The van der Waals surface area contributed by atoms with Gasteiger partial charge in [0, 0.05) is 51.7 Å². The van der Waals surface area contributed by atoms with E-state index in [0.717, 1.165) is 68.7 Å². The summed E-state index contributed by atoms with van der Waals surface area (Å²) in [6.45, 7) is 7.07. The highest BCUT2D eigenvalue weighted by atomic mass is 16.7. The average molecular weight is 442 g/mol. The topological polar surface area (TPSA) is 55.7 Å². The lowest BCUT2D eigenvalue weighted by molar-refractivity contribution is 0.119. The number of hydrogen-bond donors (Lipinski definition) is 0. The molecule has 0 radical (unpaired) electrons. The third-order valence-corrected chi connectivity index (χ3v) is 6.50. The van der Waals surface area contributed by atoms with Crippen molar-refractivity contribution in [1.82, 2.24) is 24.3 Å². The smallest absolute Gasteiger partial charge is 0.231 e. The van der Waals surface area contributed by atoms with Crippen LogP contribution in [0.15, 0.2) is 67.0 Å². The second-order valence-electron chi connectivity index (χ2n) is 8.70. The molecule has 0 atom stereocenters. The Morgan fingerprint density at radius 2 is 1.48 bits per heavy atom. The van der Waals surface area contributed by atoms with Gasteiger partial charge in [-0.15, -0.1) is 0 Å². The summed E-state index contributed by atoms with van der Waals surface area (Å²) in [5.41, 5.74) is 4.75. The molecule has 7 nitrogen and oxygen atoms in total. The molecule has 0 saturated carbocycles. The van der Waals surface area contributed by atoms with Gasteiger partial charge in [-0.3, -0.25) is 14.8 Å². The fourth-order valence-electron chi connectivity index (χ4n) is 4.70. The van der Waals surface area contributed by atoms with Crippen molar-refractivity contribution in [1.29, 1.82) is 0 Å². The predicted octanol–water partition coefficient (Wildman–Crippen LogP) is 3.53. The predicted molar refractivity (Wildman–Crippen MR) is 126 cm³/mol. The van der Waals surface area contributed by atoms with Gasteiger partial charge >= 0.3 is 0 Å². The molecule has 6 rings (SSSR count). The summed E-state index contributed by atoms with van der Waals surface area (Å²) in [4.78, 5) is 14.2. The zero-order valence-electron chi connectivity index (χ0n) is 18.6. The van der Waals surface area contributed by atoms with Crippen LogP contribution in [-0.2, 0) is 19.6 Å². The summed E-state index contributed by atoms with van der Waals surface area (Å²) in [5, 5.41) is 0. The van der Waals surface area contributed by atoms with E-state index in [1.165, 1.54) is 16.6 Å². The molecular weight excluding hydrogens is 414 g/mol. The lowest BCUT2D eigenvalue weighted by Gasteiger charge is -2.34. The molecule has 4 aromatic rings. The first-order chi connectivity index (χ1) is 16.3. The SMILES string of the molecule is c1ccc2c(c1)nc(CN1CCN(Cc3ccc4c(c3)OCO4)CC1)n2Cc1ccncc1. The van der Waals surface area contributed by atoms with Gasteiger partial charge < -0.3 is 14.0 Å². The number of hydrogen-bond acceptors (Lipinski definition) is 6. The number of ether oxygens (including phenoxy) is 2. The van der Waals surface area contributed by atoms with E-state index in [4.69, 9.17) is 14.5 Å². The summed E-state index contributed by atoms with van der Waals surface area (Å²) in [6, 6.07) is 18.8. The summed E-state index contributed by atoms with van der Waals surface area (Å²) >= 11 is 0. The molecule has 1 saturated heterocycles. The van der Waals surface area contributed by atoms with E-state index in [-0.39, 0.29) is 0 Å². The highest BCUT2D eigenvalue weighted by Crippen LogP contribution is 2.33. The largest absolute Gasteiger partial charge is 0.454 e. The lowest BCUT2D eigenvalue weighted by Crippen LogP contribution is -2.45. The van der Waals surface area contributed by atoms with Crippen molar-refractivity contribution in [3.05, 3.63) is 83.9 Å². The maximum atomic E-state index is 5.53. The molecule has 0 aliphatic carbocycles. The quantitative estimate of drug-likeness (QED) is 0.456. The Morgan fingerprint density at radius 1 is 0.727 bits per heavy atom. The van der Waals surface area contributed by atoms with Crippen molar-refractivity contribution in [2.24, 2.45) is 0 Å². The summed E-state index contributed by atoms with van der Waals surface area (Å²) in [7, 11) is 0. The second kappa shape index (κ2) is 8.84. The molecule has 2 aliphatic rings. The molecule has 0 amide bonds. The van der Waals surface area contributed by atoms with Gasteiger partial charge in [0.2, 0.25) is 6.79 Å². The van der Waals surface area contributed by atoms with Crippen LogP contribution in [0.5, 0.6) is 11.5 Å². The Morgan fingerprint density at radius 3 is 2.33 bits per heavy atom. The minimum absolute atomic E-state index is 0.323. The van der Waals surface area contributed by atoms with Gasteiger partial charge in [0.25, 0.3) is 0 Å². The minimum Gasteiger partial charge on any atom is -0.454 e. The number of piperazine rings is 1. The van der Waals surface area contributed by atoms with Crippen molar-refractivity contribution in [3.63, 3.8) is 0 Å². The third-order valence-electron chi connectivity index (χ3n) is 6.50. The van der Waals surface area contributed by atoms with Gasteiger partial charge in [0.05, 0.1) is 17.6 Å². The van der Waals surface area contributed by atoms with E-state index in [1.807, 2.05) is 18.5 Å². The lowest BCUT2D eigenvalue weighted by atomic mass is 10.1. The maximum Gasteiger partial charge on any atom is 0.231 e. The molecular formula is C26H27N5O2. The number of aromatic nitrogens is 3. The third kappa shape index (κ3) is 4.29. The van der Waals surface area contributed by atoms with Gasteiger partial charge in [-0.1, -0.05) is 18.2 Å². The van der Waals surface area contributed by atoms with E-state index in [9.17, 15) is 0 Å². The molecule has 2 aromatic heterocycles. The zero-order valence-corrected chi connectivity index (χ0v) is 18.6. The number of fused-ring (bicyclic) bond motifs is 2. The molecule has 0 unspecified atom stereocenters. The van der Waals surface area contributed by atoms with Crippen LogP contribution in [0, 0.1) is 0 Å². The molecule has 2 aliphatic heterocycles. The Hall–Kier alpha value is -3.42. The Labute approximate surface area is 193 Å². The van der Waals surface area contributed by atoms with Crippen molar-refractivity contribution in [2.45, 2.75) is 19.6 Å². The van der Waals surface area contributed by atoms with Gasteiger partial charge in [-0.05, 0) is 47.5 Å².